The van der Waals surface area contributed by atoms with Crippen molar-refractivity contribution in [3.05, 3.63) is 51.8 Å². The molecule has 140 valence electrons. The number of methoxy groups -OCH3 is 1. The minimum absolute atomic E-state index is 0.0103. The number of carbonyl (C=O) groups excluding carboxylic acids is 2. The number of carbonyl (C=O) groups is 2. The van der Waals surface area contributed by atoms with E-state index < -0.39 is 17.4 Å². The van der Waals surface area contributed by atoms with Gasteiger partial charge in [-0.3, -0.25) is 14.4 Å². The van der Waals surface area contributed by atoms with E-state index in [1.54, 1.807) is 45.3 Å². The highest BCUT2D eigenvalue weighted by Crippen LogP contribution is 2.36. The second kappa shape index (κ2) is 7.24. The number of hydrogen-bond acceptors (Lipinski definition) is 6. The number of amides is 1. The summed E-state index contributed by atoms with van der Waals surface area (Å²) in [6.45, 7) is 3.10. The lowest BCUT2D eigenvalue weighted by Crippen LogP contribution is -2.27. The van der Waals surface area contributed by atoms with Crippen LogP contribution in [0.4, 0.5) is 5.69 Å². The maximum absolute atomic E-state index is 12.6. The smallest absolute Gasteiger partial charge is 0.308 e. The van der Waals surface area contributed by atoms with E-state index in [0.29, 0.717) is 32.3 Å². The quantitative estimate of drug-likeness (QED) is 0.697. The molecule has 0 bridgehead atoms. The number of aryl methyl sites for hydroxylation is 2. The third-order valence-electron chi connectivity index (χ3n) is 4.09. The number of ether oxygens (including phenoxy) is 2. The van der Waals surface area contributed by atoms with Crippen LogP contribution in [0.1, 0.15) is 22.8 Å². The average Bonchev–Trinajstić information content (AvgIpc) is 2.94. The molecule has 0 atom stereocenters. The second-order valence-electron chi connectivity index (χ2n) is 5.93. The van der Waals surface area contributed by atoms with E-state index >= 15 is 0 Å². The molecule has 7 nitrogen and oxygen atoms in total. The summed E-state index contributed by atoms with van der Waals surface area (Å²) in [6.07, 6.45) is 0. The first-order chi connectivity index (χ1) is 12.8. The Bertz CT molecular complexity index is 1100. The van der Waals surface area contributed by atoms with E-state index in [9.17, 15) is 14.4 Å². The molecule has 0 spiro atoms. The minimum Gasteiger partial charge on any atom is -0.497 e. The van der Waals surface area contributed by atoms with Crippen molar-refractivity contribution in [1.29, 1.82) is 0 Å². The Morgan fingerprint density at radius 2 is 1.85 bits per heavy atom. The number of fused-ring (bicyclic) bond motifs is 1. The second-order valence-corrected chi connectivity index (χ2v) is 6.89. The summed E-state index contributed by atoms with van der Waals surface area (Å²) in [5.41, 5.74) is 0.838. The van der Waals surface area contributed by atoms with Crippen LogP contribution in [0.5, 0.6) is 10.8 Å². The van der Waals surface area contributed by atoms with E-state index in [1.807, 2.05) is 0 Å². The van der Waals surface area contributed by atoms with Crippen LogP contribution in [-0.4, -0.2) is 23.6 Å². The average molecular weight is 386 g/mol. The number of aromatic nitrogens is 1. The van der Waals surface area contributed by atoms with Crippen LogP contribution in [0, 0.1) is 6.92 Å². The Hall–Kier alpha value is -3.13. The van der Waals surface area contributed by atoms with Gasteiger partial charge in [-0.1, -0.05) is 11.3 Å². The first-order valence-corrected chi connectivity index (χ1v) is 8.90. The molecule has 3 aromatic rings. The molecule has 0 aliphatic rings. The van der Waals surface area contributed by atoms with Gasteiger partial charge in [0, 0.05) is 30.6 Å². The van der Waals surface area contributed by atoms with Crippen LogP contribution in [0.25, 0.3) is 10.2 Å². The van der Waals surface area contributed by atoms with Crippen LogP contribution in [0.2, 0.25) is 0 Å². The predicted molar refractivity (Wildman–Crippen MR) is 104 cm³/mol. The first kappa shape index (κ1) is 18.7. The van der Waals surface area contributed by atoms with Gasteiger partial charge in [0.2, 0.25) is 0 Å². The molecule has 0 saturated heterocycles. The topological polar surface area (TPSA) is 86.6 Å². The number of benzene rings is 1. The molecule has 0 aliphatic heterocycles. The Kier molecular flexibility index (Phi) is 5.00. The zero-order valence-corrected chi connectivity index (χ0v) is 16.1. The van der Waals surface area contributed by atoms with Crippen LogP contribution >= 0.6 is 11.3 Å². The predicted octanol–water partition coefficient (Wildman–Crippen LogP) is 3.09. The molecule has 1 aromatic carbocycles. The van der Waals surface area contributed by atoms with Gasteiger partial charge in [-0.25, -0.2) is 0 Å². The van der Waals surface area contributed by atoms with Gasteiger partial charge in [-0.15, -0.1) is 0 Å². The molecule has 3 rings (SSSR count). The van der Waals surface area contributed by atoms with E-state index in [2.05, 4.69) is 5.32 Å². The maximum atomic E-state index is 12.6. The number of thiophene rings is 1. The fourth-order valence-electron chi connectivity index (χ4n) is 2.65. The van der Waals surface area contributed by atoms with E-state index in [1.165, 1.54) is 28.9 Å². The number of pyridine rings is 1. The van der Waals surface area contributed by atoms with E-state index in [-0.39, 0.29) is 5.56 Å². The van der Waals surface area contributed by atoms with Gasteiger partial charge in [0.15, 0.2) is 5.06 Å². The fourth-order valence-corrected chi connectivity index (χ4v) is 3.79. The van der Waals surface area contributed by atoms with Crippen molar-refractivity contribution in [2.75, 3.05) is 12.4 Å². The highest BCUT2D eigenvalue weighted by molar-refractivity contribution is 7.20. The minimum atomic E-state index is -0.512. The zero-order chi connectivity index (χ0) is 19.7. The molecule has 0 unspecified atom stereocenters. The maximum Gasteiger partial charge on any atom is 0.308 e. The molecular weight excluding hydrogens is 368 g/mol. The molecule has 27 heavy (non-hydrogen) atoms. The first-order valence-electron chi connectivity index (χ1n) is 8.08. The van der Waals surface area contributed by atoms with Crippen molar-refractivity contribution in [3.8, 4) is 10.8 Å². The van der Waals surface area contributed by atoms with E-state index in [0.717, 1.165) is 0 Å². The zero-order valence-electron chi connectivity index (χ0n) is 15.3. The van der Waals surface area contributed by atoms with Gasteiger partial charge in [0.25, 0.3) is 11.5 Å². The fraction of sp³-hybridized carbons (Fsp3) is 0.211. The van der Waals surface area contributed by atoms with Crippen molar-refractivity contribution in [3.63, 3.8) is 0 Å². The monoisotopic (exact) mass is 386 g/mol. The van der Waals surface area contributed by atoms with Gasteiger partial charge < -0.3 is 19.4 Å². The summed E-state index contributed by atoms with van der Waals surface area (Å²) in [4.78, 5) is 37.2. The summed E-state index contributed by atoms with van der Waals surface area (Å²) in [7, 11) is 3.14. The highest BCUT2D eigenvalue weighted by atomic mass is 32.1. The number of nitrogens with one attached hydrogen (secondary N) is 1. The lowest BCUT2D eigenvalue weighted by atomic mass is 10.1. The van der Waals surface area contributed by atoms with Crippen molar-refractivity contribution in [2.24, 2.45) is 7.05 Å². The number of rotatable bonds is 4. The SMILES string of the molecule is COc1ccc(NC(=O)c2cc3c(C)c(OC(C)=O)sc3n(C)c2=O)cc1. The summed E-state index contributed by atoms with van der Waals surface area (Å²) in [5.74, 6) is -0.285. The summed E-state index contributed by atoms with van der Waals surface area (Å²) >= 11 is 1.20. The van der Waals surface area contributed by atoms with Gasteiger partial charge in [-0.2, -0.15) is 0 Å². The Morgan fingerprint density at radius 3 is 2.44 bits per heavy atom. The van der Waals surface area contributed by atoms with Crippen molar-refractivity contribution in [1.82, 2.24) is 4.57 Å². The summed E-state index contributed by atoms with van der Waals surface area (Å²) in [6, 6.07) is 8.34. The molecule has 0 radical (unpaired) electrons. The Labute approximate surface area is 159 Å². The molecule has 0 saturated carbocycles. The molecule has 1 amide bonds. The van der Waals surface area contributed by atoms with Gasteiger partial charge in [0.1, 0.15) is 16.1 Å². The van der Waals surface area contributed by atoms with Crippen molar-refractivity contribution >= 4 is 39.1 Å². The van der Waals surface area contributed by atoms with Crippen LogP contribution in [0.15, 0.2) is 35.1 Å². The molecular formula is C19H18N2O5S. The number of nitrogens with zero attached hydrogens (tertiary/aromatic N) is 1. The summed E-state index contributed by atoms with van der Waals surface area (Å²) < 4.78 is 11.7. The molecule has 8 heteroatoms. The number of anilines is 1. The third kappa shape index (κ3) is 3.56. The van der Waals surface area contributed by atoms with Crippen LogP contribution < -0.4 is 20.3 Å². The van der Waals surface area contributed by atoms with Gasteiger partial charge in [-0.05, 0) is 37.3 Å². The number of esters is 1. The molecule has 0 fully saturated rings. The lowest BCUT2D eigenvalue weighted by Gasteiger charge is -2.08. The molecule has 0 aliphatic carbocycles. The normalized spacial score (nSPS) is 10.7. The Morgan fingerprint density at radius 1 is 1.19 bits per heavy atom. The summed E-state index contributed by atoms with van der Waals surface area (Å²) in [5, 5.41) is 3.82. The van der Waals surface area contributed by atoms with Gasteiger partial charge in [0.05, 0.1) is 7.11 Å². The molecule has 2 aromatic heterocycles. The Balaban J connectivity index is 2.01. The van der Waals surface area contributed by atoms with Crippen LogP contribution in [0.3, 0.4) is 0 Å². The van der Waals surface area contributed by atoms with Crippen LogP contribution in [-0.2, 0) is 11.8 Å². The molecule has 1 N–H and O–H groups in total. The lowest BCUT2D eigenvalue weighted by molar-refractivity contribution is -0.131. The third-order valence-corrected chi connectivity index (χ3v) is 5.35. The van der Waals surface area contributed by atoms with Crippen molar-refractivity contribution < 1.29 is 19.1 Å². The largest absolute Gasteiger partial charge is 0.497 e. The van der Waals surface area contributed by atoms with Gasteiger partial charge >= 0.3 is 5.97 Å². The highest BCUT2D eigenvalue weighted by Gasteiger charge is 2.20. The van der Waals surface area contributed by atoms with Crippen molar-refractivity contribution in [2.45, 2.75) is 13.8 Å². The number of hydrogen-bond donors (Lipinski definition) is 1. The molecule has 2 heterocycles. The standard InChI is InChI=1S/C19H18N2O5S/c1-10-14-9-15(16(23)20-12-5-7-13(25-4)8-6-12)17(24)21(3)18(14)27-19(10)26-11(2)22/h5-9H,1-4H3,(H,20,23). The van der Waals surface area contributed by atoms with E-state index in [4.69, 9.17) is 9.47 Å².